The van der Waals surface area contributed by atoms with Crippen LogP contribution in [0.4, 0.5) is 18.0 Å². The van der Waals surface area contributed by atoms with Crippen molar-refractivity contribution in [2.45, 2.75) is 25.6 Å². The molecule has 0 heterocycles. The lowest BCUT2D eigenvalue weighted by molar-refractivity contribution is -0.173. The molecular weight excluding hydrogens is 241 g/mol. The monoisotopic (exact) mass is 258 g/mol. The van der Waals surface area contributed by atoms with E-state index in [1.807, 2.05) is 0 Å². The van der Waals surface area contributed by atoms with E-state index < -0.39 is 18.8 Å². The third-order valence-electron chi connectivity index (χ3n) is 1.67. The van der Waals surface area contributed by atoms with Gasteiger partial charge in [0.25, 0.3) is 0 Å². The number of urea groups is 1. The van der Waals surface area contributed by atoms with Gasteiger partial charge in [-0.05, 0) is 13.3 Å². The van der Waals surface area contributed by atoms with E-state index in [4.69, 9.17) is 5.11 Å². The molecule has 17 heavy (non-hydrogen) atoms. The van der Waals surface area contributed by atoms with Crippen molar-refractivity contribution in [1.82, 2.24) is 10.6 Å². The molecule has 0 aromatic heterocycles. The highest BCUT2D eigenvalue weighted by atomic mass is 19.4. The molecule has 0 aliphatic carbocycles. The number of carbonyl (C=O) groups is 1. The fraction of sp³-hybridized carbons (Fsp3) is 0.889. The van der Waals surface area contributed by atoms with Crippen molar-refractivity contribution in [2.24, 2.45) is 0 Å². The third-order valence-corrected chi connectivity index (χ3v) is 1.67. The first-order valence-electron chi connectivity index (χ1n) is 5.15. The van der Waals surface area contributed by atoms with Gasteiger partial charge >= 0.3 is 12.2 Å². The number of alkyl halides is 3. The standard InChI is InChI=1S/C9H17F3N2O3/c1-7(5-15)14-8(16)13-3-2-4-17-6-9(10,11)12/h7,15H,2-6H2,1H3,(H2,13,14,16)/t7-/m0/s1. The fourth-order valence-corrected chi connectivity index (χ4v) is 0.885. The van der Waals surface area contributed by atoms with Gasteiger partial charge in [0.15, 0.2) is 0 Å². The molecule has 102 valence electrons. The van der Waals surface area contributed by atoms with Crippen molar-refractivity contribution in [3.8, 4) is 0 Å². The summed E-state index contributed by atoms with van der Waals surface area (Å²) >= 11 is 0. The average Bonchev–Trinajstić information content (AvgIpc) is 2.21. The minimum Gasteiger partial charge on any atom is -0.394 e. The van der Waals surface area contributed by atoms with Gasteiger partial charge in [-0.3, -0.25) is 0 Å². The zero-order chi connectivity index (χ0) is 13.3. The molecule has 2 amide bonds. The predicted octanol–water partition coefficient (Wildman–Crippen LogP) is 0.635. The molecule has 1 atom stereocenters. The summed E-state index contributed by atoms with van der Waals surface area (Å²) in [4.78, 5) is 11.1. The fourth-order valence-electron chi connectivity index (χ4n) is 0.885. The second-order valence-corrected chi connectivity index (χ2v) is 3.51. The van der Waals surface area contributed by atoms with Crippen LogP contribution in [0.3, 0.4) is 0 Å². The van der Waals surface area contributed by atoms with Gasteiger partial charge in [0.05, 0.1) is 12.6 Å². The molecule has 0 radical (unpaired) electrons. The van der Waals surface area contributed by atoms with Gasteiger partial charge in [0.1, 0.15) is 6.61 Å². The Morgan fingerprint density at radius 2 is 2.12 bits per heavy atom. The first kappa shape index (κ1) is 16.0. The van der Waals surface area contributed by atoms with Gasteiger partial charge in [-0.25, -0.2) is 4.79 Å². The van der Waals surface area contributed by atoms with Gasteiger partial charge < -0.3 is 20.5 Å². The molecule has 0 aliphatic rings. The van der Waals surface area contributed by atoms with Crippen LogP contribution in [0.5, 0.6) is 0 Å². The Hall–Kier alpha value is -1.02. The van der Waals surface area contributed by atoms with E-state index in [0.717, 1.165) is 0 Å². The van der Waals surface area contributed by atoms with Gasteiger partial charge in [-0.2, -0.15) is 13.2 Å². The first-order chi connectivity index (χ1) is 7.85. The Labute approximate surface area is 97.3 Å². The predicted molar refractivity (Wildman–Crippen MR) is 54.6 cm³/mol. The van der Waals surface area contributed by atoms with Crippen molar-refractivity contribution < 1.29 is 27.8 Å². The smallest absolute Gasteiger partial charge is 0.394 e. The number of carbonyl (C=O) groups excluding carboxylic acids is 1. The van der Waals surface area contributed by atoms with Crippen LogP contribution in [0.15, 0.2) is 0 Å². The van der Waals surface area contributed by atoms with E-state index in [1.54, 1.807) is 6.92 Å². The van der Waals surface area contributed by atoms with Gasteiger partial charge in [-0.15, -0.1) is 0 Å². The van der Waals surface area contributed by atoms with Crippen molar-refractivity contribution in [3.05, 3.63) is 0 Å². The summed E-state index contributed by atoms with van der Waals surface area (Å²) in [6, 6.07) is -0.834. The molecule has 3 N–H and O–H groups in total. The average molecular weight is 258 g/mol. The maximum atomic E-state index is 11.6. The van der Waals surface area contributed by atoms with Crippen molar-refractivity contribution in [3.63, 3.8) is 0 Å². The molecular formula is C9H17F3N2O3. The molecule has 8 heteroatoms. The molecule has 5 nitrogen and oxygen atoms in total. The van der Waals surface area contributed by atoms with E-state index in [-0.39, 0.29) is 32.2 Å². The summed E-state index contributed by atoms with van der Waals surface area (Å²) in [7, 11) is 0. The molecule has 0 saturated carbocycles. The number of hydrogen-bond donors (Lipinski definition) is 3. The van der Waals surface area contributed by atoms with E-state index in [2.05, 4.69) is 15.4 Å². The second-order valence-electron chi connectivity index (χ2n) is 3.51. The molecule has 0 bridgehead atoms. The van der Waals surface area contributed by atoms with Crippen LogP contribution in [0.2, 0.25) is 0 Å². The first-order valence-corrected chi connectivity index (χ1v) is 5.15. The second kappa shape index (κ2) is 8.13. The van der Waals surface area contributed by atoms with Crippen LogP contribution in [0.25, 0.3) is 0 Å². The zero-order valence-electron chi connectivity index (χ0n) is 9.51. The number of nitrogens with one attached hydrogen (secondary N) is 2. The van der Waals surface area contributed by atoms with Crippen molar-refractivity contribution in [1.29, 1.82) is 0 Å². The number of hydrogen-bond acceptors (Lipinski definition) is 3. The summed E-state index contributed by atoms with van der Waals surface area (Å²) in [5.41, 5.74) is 0. The summed E-state index contributed by atoms with van der Waals surface area (Å²) in [5.74, 6) is 0. The van der Waals surface area contributed by atoms with Crippen molar-refractivity contribution >= 4 is 6.03 Å². The number of rotatable bonds is 7. The normalized spacial score (nSPS) is 13.2. The molecule has 0 unspecified atom stereocenters. The maximum absolute atomic E-state index is 11.6. The molecule has 0 rings (SSSR count). The maximum Gasteiger partial charge on any atom is 0.411 e. The number of aliphatic hydroxyl groups excluding tert-OH is 1. The van der Waals surface area contributed by atoms with Crippen LogP contribution in [0, 0.1) is 0 Å². The highest BCUT2D eigenvalue weighted by molar-refractivity contribution is 5.74. The number of amides is 2. The van der Waals surface area contributed by atoms with E-state index in [9.17, 15) is 18.0 Å². The molecule has 0 fully saturated rings. The zero-order valence-corrected chi connectivity index (χ0v) is 9.51. The van der Waals surface area contributed by atoms with Crippen LogP contribution in [-0.4, -0.2) is 49.7 Å². The number of halogens is 3. The van der Waals surface area contributed by atoms with Crippen molar-refractivity contribution in [2.75, 3.05) is 26.4 Å². The highest BCUT2D eigenvalue weighted by Crippen LogP contribution is 2.14. The SMILES string of the molecule is C[C@@H](CO)NC(=O)NCCCOCC(F)(F)F. The Morgan fingerprint density at radius 3 is 2.65 bits per heavy atom. The third kappa shape index (κ3) is 11.2. The summed E-state index contributed by atoms with van der Waals surface area (Å²) in [6.07, 6.45) is -4.03. The van der Waals surface area contributed by atoms with Crippen LogP contribution < -0.4 is 10.6 Å². The van der Waals surface area contributed by atoms with Crippen LogP contribution in [-0.2, 0) is 4.74 Å². The lowest BCUT2D eigenvalue weighted by Gasteiger charge is -2.12. The van der Waals surface area contributed by atoms with Crippen LogP contribution >= 0.6 is 0 Å². The molecule has 0 aromatic rings. The Bertz CT molecular complexity index is 224. The molecule has 0 aliphatic heterocycles. The van der Waals surface area contributed by atoms with Gasteiger partial charge in [-0.1, -0.05) is 0 Å². The highest BCUT2D eigenvalue weighted by Gasteiger charge is 2.27. The topological polar surface area (TPSA) is 70.6 Å². The minimum absolute atomic E-state index is 0.0741. The van der Waals surface area contributed by atoms with E-state index in [1.165, 1.54) is 0 Å². The summed E-state index contributed by atoms with van der Waals surface area (Å²) in [5, 5.41) is 13.5. The van der Waals surface area contributed by atoms with E-state index in [0.29, 0.717) is 0 Å². The number of aliphatic hydroxyl groups is 1. The lowest BCUT2D eigenvalue weighted by Crippen LogP contribution is -2.42. The van der Waals surface area contributed by atoms with E-state index >= 15 is 0 Å². The summed E-state index contributed by atoms with van der Waals surface area (Å²) < 4.78 is 39.3. The number of ether oxygens (including phenoxy) is 1. The molecule has 0 spiro atoms. The molecule has 0 saturated heterocycles. The molecule has 0 aromatic carbocycles. The largest absolute Gasteiger partial charge is 0.411 e. The van der Waals surface area contributed by atoms with Gasteiger partial charge in [0, 0.05) is 13.2 Å². The van der Waals surface area contributed by atoms with Gasteiger partial charge in [0.2, 0.25) is 0 Å². The summed E-state index contributed by atoms with van der Waals surface area (Å²) in [6.45, 7) is 0.298. The minimum atomic E-state index is -4.32. The quantitative estimate of drug-likeness (QED) is 0.587. The lowest BCUT2D eigenvalue weighted by atomic mass is 10.4. The Morgan fingerprint density at radius 1 is 1.47 bits per heavy atom. The Balaban J connectivity index is 3.37. The Kier molecular flexibility index (Phi) is 7.64. The van der Waals surface area contributed by atoms with Crippen LogP contribution in [0.1, 0.15) is 13.3 Å².